The van der Waals surface area contributed by atoms with E-state index in [0.717, 1.165) is 12.8 Å². The van der Waals surface area contributed by atoms with Crippen molar-refractivity contribution in [1.82, 2.24) is 4.98 Å². The molecule has 5 heteroatoms. The van der Waals surface area contributed by atoms with Gasteiger partial charge in [0, 0.05) is 6.04 Å². The molecule has 1 heterocycles. The summed E-state index contributed by atoms with van der Waals surface area (Å²) in [6.07, 6.45) is 2.20. The summed E-state index contributed by atoms with van der Waals surface area (Å²) < 4.78 is 10.2. The van der Waals surface area contributed by atoms with E-state index in [4.69, 9.17) is 9.15 Å². The Morgan fingerprint density at radius 2 is 2.29 bits per heavy atom. The van der Waals surface area contributed by atoms with Gasteiger partial charge in [0.1, 0.15) is 11.1 Å². The van der Waals surface area contributed by atoms with Gasteiger partial charge < -0.3 is 14.5 Å². The van der Waals surface area contributed by atoms with E-state index in [1.807, 2.05) is 0 Å². The van der Waals surface area contributed by atoms with Crippen LogP contribution in [0.1, 0.15) is 12.8 Å². The van der Waals surface area contributed by atoms with Gasteiger partial charge in [-0.25, -0.2) is 4.79 Å². The summed E-state index contributed by atoms with van der Waals surface area (Å²) >= 11 is 0. The largest absolute Gasteiger partial charge is 0.496 e. The Bertz CT molecular complexity index is 617. The third-order valence-electron chi connectivity index (χ3n) is 2.74. The van der Waals surface area contributed by atoms with E-state index in [9.17, 15) is 4.79 Å². The second-order valence-corrected chi connectivity index (χ2v) is 4.08. The summed E-state index contributed by atoms with van der Waals surface area (Å²) in [6, 6.07) is 5.97. The predicted octanol–water partition coefficient (Wildman–Crippen LogP) is 1.77. The Morgan fingerprint density at radius 1 is 1.47 bits per heavy atom. The Morgan fingerprint density at radius 3 is 3.00 bits per heavy atom. The number of rotatable bonds is 3. The van der Waals surface area contributed by atoms with Crippen molar-refractivity contribution in [2.24, 2.45) is 0 Å². The molecule has 0 spiro atoms. The molecule has 17 heavy (non-hydrogen) atoms. The number of aromatic nitrogens is 1. The molecule has 0 unspecified atom stereocenters. The predicted molar refractivity (Wildman–Crippen MR) is 63.5 cm³/mol. The molecule has 1 N–H and O–H groups in total. The van der Waals surface area contributed by atoms with Crippen LogP contribution in [0.15, 0.2) is 27.4 Å². The molecular weight excluding hydrogens is 220 g/mol. The molecule has 0 atom stereocenters. The van der Waals surface area contributed by atoms with Gasteiger partial charge in [-0.05, 0) is 25.0 Å². The van der Waals surface area contributed by atoms with Crippen LogP contribution in [0.5, 0.6) is 5.75 Å². The van der Waals surface area contributed by atoms with Crippen molar-refractivity contribution in [3.05, 3.63) is 28.6 Å². The number of ether oxygens (including phenoxy) is 1. The highest BCUT2D eigenvalue weighted by molar-refractivity contribution is 5.84. The molecule has 0 bridgehead atoms. The molecule has 1 saturated carbocycles. The molecular formula is C12H12N2O3. The lowest BCUT2D eigenvalue weighted by Gasteiger charge is -2.05. The van der Waals surface area contributed by atoms with Crippen LogP contribution in [0.4, 0.5) is 6.01 Å². The minimum atomic E-state index is -0.421. The fraction of sp³-hybridized carbons (Fsp3) is 0.333. The zero-order chi connectivity index (χ0) is 11.8. The SMILES string of the molecule is COc1cccc2nc(NC3CC3)oc(=O)c12. The van der Waals surface area contributed by atoms with Gasteiger partial charge in [0.15, 0.2) is 0 Å². The summed E-state index contributed by atoms with van der Waals surface area (Å²) in [4.78, 5) is 16.1. The van der Waals surface area contributed by atoms with Crippen molar-refractivity contribution >= 4 is 16.9 Å². The topological polar surface area (TPSA) is 64.4 Å². The molecule has 0 amide bonds. The second-order valence-electron chi connectivity index (χ2n) is 4.08. The number of anilines is 1. The van der Waals surface area contributed by atoms with Crippen molar-refractivity contribution in [2.45, 2.75) is 18.9 Å². The standard InChI is InChI=1S/C12H12N2O3/c1-16-9-4-2-3-8-10(9)11(15)17-12(14-8)13-7-5-6-7/h2-4,7H,5-6H2,1H3,(H,13,14). The summed E-state index contributed by atoms with van der Waals surface area (Å²) in [5, 5.41) is 3.45. The van der Waals surface area contributed by atoms with E-state index in [1.54, 1.807) is 18.2 Å². The normalized spacial score (nSPS) is 14.9. The smallest absolute Gasteiger partial charge is 0.351 e. The van der Waals surface area contributed by atoms with Crippen LogP contribution in [0.25, 0.3) is 10.9 Å². The van der Waals surface area contributed by atoms with E-state index in [2.05, 4.69) is 10.3 Å². The molecule has 0 aliphatic heterocycles. The van der Waals surface area contributed by atoms with Gasteiger partial charge in [-0.3, -0.25) is 0 Å². The maximum absolute atomic E-state index is 11.9. The Kier molecular flexibility index (Phi) is 2.24. The number of hydrogen-bond donors (Lipinski definition) is 1. The molecule has 0 radical (unpaired) electrons. The van der Waals surface area contributed by atoms with Crippen molar-refractivity contribution < 1.29 is 9.15 Å². The van der Waals surface area contributed by atoms with Gasteiger partial charge in [0.25, 0.3) is 6.01 Å². The lowest BCUT2D eigenvalue weighted by molar-refractivity contribution is 0.416. The fourth-order valence-corrected chi connectivity index (χ4v) is 1.72. The van der Waals surface area contributed by atoms with Gasteiger partial charge in [-0.1, -0.05) is 6.07 Å². The quantitative estimate of drug-likeness (QED) is 0.873. The highest BCUT2D eigenvalue weighted by Gasteiger charge is 2.23. The van der Waals surface area contributed by atoms with Crippen LogP contribution in [0.2, 0.25) is 0 Å². The molecule has 1 aliphatic rings. The van der Waals surface area contributed by atoms with Crippen LogP contribution in [0, 0.1) is 0 Å². The lowest BCUT2D eigenvalue weighted by atomic mass is 10.2. The number of benzene rings is 1. The number of nitrogens with one attached hydrogen (secondary N) is 1. The number of fused-ring (bicyclic) bond motifs is 1. The first-order valence-corrected chi connectivity index (χ1v) is 5.52. The van der Waals surface area contributed by atoms with Gasteiger partial charge in [0.2, 0.25) is 0 Å². The van der Waals surface area contributed by atoms with Gasteiger partial charge in [0.05, 0.1) is 12.6 Å². The third-order valence-corrected chi connectivity index (χ3v) is 2.74. The third kappa shape index (κ3) is 1.84. The van der Waals surface area contributed by atoms with Crippen LogP contribution >= 0.6 is 0 Å². The van der Waals surface area contributed by atoms with Crippen LogP contribution in [-0.2, 0) is 0 Å². The van der Waals surface area contributed by atoms with Gasteiger partial charge in [-0.15, -0.1) is 0 Å². The zero-order valence-corrected chi connectivity index (χ0v) is 9.40. The number of nitrogens with zero attached hydrogens (tertiary/aromatic N) is 1. The molecule has 1 fully saturated rings. The second kappa shape index (κ2) is 3.76. The molecule has 2 aromatic rings. The molecule has 1 aliphatic carbocycles. The number of hydrogen-bond acceptors (Lipinski definition) is 5. The zero-order valence-electron chi connectivity index (χ0n) is 9.40. The summed E-state index contributed by atoms with van der Waals surface area (Å²) in [5.41, 5.74) is 0.166. The first kappa shape index (κ1) is 10.1. The van der Waals surface area contributed by atoms with E-state index in [1.165, 1.54) is 7.11 Å². The average molecular weight is 232 g/mol. The lowest BCUT2D eigenvalue weighted by Crippen LogP contribution is -2.09. The first-order valence-electron chi connectivity index (χ1n) is 5.52. The van der Waals surface area contributed by atoms with E-state index in [-0.39, 0.29) is 0 Å². The summed E-state index contributed by atoms with van der Waals surface area (Å²) in [6.45, 7) is 0. The maximum Gasteiger partial charge on any atom is 0.351 e. The van der Waals surface area contributed by atoms with Crippen LogP contribution in [-0.4, -0.2) is 18.1 Å². The van der Waals surface area contributed by atoms with Crippen LogP contribution in [0.3, 0.4) is 0 Å². The van der Waals surface area contributed by atoms with Crippen molar-refractivity contribution in [3.63, 3.8) is 0 Å². The minimum Gasteiger partial charge on any atom is -0.496 e. The fourth-order valence-electron chi connectivity index (χ4n) is 1.72. The highest BCUT2D eigenvalue weighted by Crippen LogP contribution is 2.25. The maximum atomic E-state index is 11.9. The van der Waals surface area contributed by atoms with Crippen molar-refractivity contribution in [2.75, 3.05) is 12.4 Å². The molecule has 1 aromatic carbocycles. The van der Waals surface area contributed by atoms with E-state index >= 15 is 0 Å². The van der Waals surface area contributed by atoms with Crippen molar-refractivity contribution in [3.8, 4) is 5.75 Å². The van der Waals surface area contributed by atoms with Crippen molar-refractivity contribution in [1.29, 1.82) is 0 Å². The van der Waals surface area contributed by atoms with E-state index in [0.29, 0.717) is 28.7 Å². The first-order chi connectivity index (χ1) is 8.28. The van der Waals surface area contributed by atoms with Crippen LogP contribution < -0.4 is 15.7 Å². The summed E-state index contributed by atoms with van der Waals surface area (Å²) in [7, 11) is 1.52. The van der Waals surface area contributed by atoms with Gasteiger partial charge >= 0.3 is 5.63 Å². The monoisotopic (exact) mass is 232 g/mol. The average Bonchev–Trinajstić information content (AvgIpc) is 3.12. The number of methoxy groups -OCH3 is 1. The van der Waals surface area contributed by atoms with Gasteiger partial charge in [-0.2, -0.15) is 4.98 Å². The Labute approximate surface area is 97.4 Å². The molecule has 3 rings (SSSR count). The molecule has 5 nitrogen and oxygen atoms in total. The molecule has 88 valence electrons. The minimum absolute atomic E-state index is 0.290. The molecule has 0 saturated heterocycles. The Balaban J connectivity index is 2.15. The Hall–Kier alpha value is -2.04. The van der Waals surface area contributed by atoms with E-state index < -0.39 is 5.63 Å². The highest BCUT2D eigenvalue weighted by atomic mass is 16.5. The summed E-state index contributed by atoms with van der Waals surface area (Å²) in [5.74, 6) is 0.488. The molecule has 1 aromatic heterocycles.